The number of benzene rings is 2. The van der Waals surface area contributed by atoms with E-state index in [9.17, 15) is 4.79 Å². The van der Waals surface area contributed by atoms with E-state index in [-0.39, 0.29) is 0 Å². The Hall–Kier alpha value is -1.80. The second kappa shape index (κ2) is 5.23. The monoisotopic (exact) mass is 260 g/mol. The summed E-state index contributed by atoms with van der Waals surface area (Å²) in [5.74, 6) is 0.142. The van der Waals surface area contributed by atoms with Gasteiger partial charge in [-0.2, -0.15) is 0 Å². The average Bonchev–Trinajstić information content (AvgIpc) is 2.34. The average molecular weight is 261 g/mol. The predicted octanol–water partition coefficient (Wildman–Crippen LogP) is 4.18. The Morgan fingerprint density at radius 1 is 1.06 bits per heavy atom. The lowest BCUT2D eigenvalue weighted by atomic mass is 10.1. The number of carbonyl (C=O) groups is 1. The van der Waals surface area contributed by atoms with Crippen molar-refractivity contribution in [2.45, 2.75) is 13.8 Å². The number of aryl methyl sites for hydroxylation is 2. The summed E-state index contributed by atoms with van der Waals surface area (Å²) >= 11 is 5.83. The molecule has 0 fully saturated rings. The molecular weight excluding hydrogens is 248 g/mol. The van der Waals surface area contributed by atoms with Crippen LogP contribution in [0.2, 0.25) is 5.02 Å². The largest absolute Gasteiger partial charge is 0.423 e. The quantitative estimate of drug-likeness (QED) is 0.598. The van der Waals surface area contributed by atoms with Crippen LogP contribution in [0.4, 0.5) is 0 Å². The highest BCUT2D eigenvalue weighted by atomic mass is 35.5. The van der Waals surface area contributed by atoms with E-state index in [1.165, 1.54) is 0 Å². The van der Waals surface area contributed by atoms with Gasteiger partial charge in [0.05, 0.1) is 5.56 Å². The zero-order chi connectivity index (χ0) is 13.1. The summed E-state index contributed by atoms with van der Waals surface area (Å²) in [5, 5.41) is 0.518. The van der Waals surface area contributed by atoms with Crippen molar-refractivity contribution < 1.29 is 9.53 Å². The molecule has 3 heteroatoms. The first kappa shape index (κ1) is 12.7. The number of hydrogen-bond donors (Lipinski definition) is 0. The number of carbonyl (C=O) groups excluding carboxylic acids is 1. The molecular formula is C15H13ClO2. The molecule has 0 atom stereocenters. The van der Waals surface area contributed by atoms with E-state index in [2.05, 4.69) is 0 Å². The molecule has 2 nitrogen and oxygen atoms in total. The zero-order valence-electron chi connectivity index (χ0n) is 10.2. The van der Waals surface area contributed by atoms with E-state index in [1.807, 2.05) is 26.0 Å². The third-order valence-corrected chi connectivity index (χ3v) is 2.98. The molecule has 0 saturated carbocycles. The summed E-state index contributed by atoms with van der Waals surface area (Å²) < 4.78 is 5.29. The minimum absolute atomic E-state index is 0.402. The lowest BCUT2D eigenvalue weighted by molar-refractivity contribution is 0.0734. The van der Waals surface area contributed by atoms with Crippen LogP contribution in [0.25, 0.3) is 0 Å². The van der Waals surface area contributed by atoms with Gasteiger partial charge in [0.2, 0.25) is 0 Å². The molecule has 92 valence electrons. The van der Waals surface area contributed by atoms with Crippen LogP contribution >= 0.6 is 11.6 Å². The molecule has 0 N–H and O–H groups in total. The predicted molar refractivity (Wildman–Crippen MR) is 72.3 cm³/mol. The second-order valence-corrected chi connectivity index (χ2v) is 4.58. The second-order valence-electron chi connectivity index (χ2n) is 4.15. The van der Waals surface area contributed by atoms with E-state index < -0.39 is 5.97 Å². The fraction of sp³-hybridized carbons (Fsp3) is 0.133. The Morgan fingerprint density at radius 2 is 1.83 bits per heavy atom. The van der Waals surface area contributed by atoms with Gasteiger partial charge < -0.3 is 4.74 Å². The van der Waals surface area contributed by atoms with E-state index in [0.717, 1.165) is 11.1 Å². The first-order valence-electron chi connectivity index (χ1n) is 5.61. The third kappa shape index (κ3) is 2.90. The Kier molecular flexibility index (Phi) is 3.68. The molecule has 0 unspecified atom stereocenters. The van der Waals surface area contributed by atoms with Crippen LogP contribution in [0.3, 0.4) is 0 Å². The number of rotatable bonds is 2. The molecule has 0 saturated heterocycles. The van der Waals surface area contributed by atoms with Gasteiger partial charge in [-0.1, -0.05) is 23.7 Å². The minimum Gasteiger partial charge on any atom is -0.423 e. The molecule has 0 spiro atoms. The van der Waals surface area contributed by atoms with Crippen LogP contribution < -0.4 is 4.74 Å². The molecule has 18 heavy (non-hydrogen) atoms. The maximum atomic E-state index is 11.9. The van der Waals surface area contributed by atoms with Crippen molar-refractivity contribution in [2.24, 2.45) is 0 Å². The molecule has 0 amide bonds. The normalized spacial score (nSPS) is 10.2. The summed E-state index contributed by atoms with van der Waals surface area (Å²) in [6.07, 6.45) is 0. The highest BCUT2D eigenvalue weighted by Crippen LogP contribution is 2.18. The zero-order valence-corrected chi connectivity index (χ0v) is 11.0. The van der Waals surface area contributed by atoms with Gasteiger partial charge in [-0.3, -0.25) is 0 Å². The SMILES string of the molecule is Cc1ccc(OC(=O)c2cccc(Cl)c2)cc1C. The molecule has 0 radical (unpaired) electrons. The van der Waals surface area contributed by atoms with Gasteiger partial charge in [0, 0.05) is 5.02 Å². The van der Waals surface area contributed by atoms with Gasteiger partial charge >= 0.3 is 5.97 Å². The first-order chi connectivity index (χ1) is 8.56. The van der Waals surface area contributed by atoms with Crippen molar-refractivity contribution >= 4 is 17.6 Å². The van der Waals surface area contributed by atoms with Crippen molar-refractivity contribution in [3.8, 4) is 5.75 Å². The molecule has 2 rings (SSSR count). The molecule has 0 aliphatic heterocycles. The van der Waals surface area contributed by atoms with E-state index in [0.29, 0.717) is 16.3 Å². The first-order valence-corrected chi connectivity index (χ1v) is 5.99. The van der Waals surface area contributed by atoms with Crippen LogP contribution in [-0.2, 0) is 0 Å². The van der Waals surface area contributed by atoms with Crippen LogP contribution in [0, 0.1) is 13.8 Å². The highest BCUT2D eigenvalue weighted by molar-refractivity contribution is 6.30. The highest BCUT2D eigenvalue weighted by Gasteiger charge is 2.09. The molecule has 0 bridgehead atoms. The summed E-state index contributed by atoms with van der Waals surface area (Å²) in [6.45, 7) is 3.99. The van der Waals surface area contributed by atoms with Crippen LogP contribution in [0.5, 0.6) is 5.75 Å². The van der Waals surface area contributed by atoms with Crippen molar-refractivity contribution in [1.29, 1.82) is 0 Å². The minimum atomic E-state index is -0.402. The maximum absolute atomic E-state index is 11.9. The van der Waals surface area contributed by atoms with Crippen molar-refractivity contribution in [1.82, 2.24) is 0 Å². The summed E-state index contributed by atoms with van der Waals surface area (Å²) in [7, 11) is 0. The van der Waals surface area contributed by atoms with Gasteiger partial charge in [0.1, 0.15) is 5.75 Å². The summed E-state index contributed by atoms with van der Waals surface area (Å²) in [6, 6.07) is 12.3. The molecule has 2 aromatic carbocycles. The van der Waals surface area contributed by atoms with E-state index in [4.69, 9.17) is 16.3 Å². The van der Waals surface area contributed by atoms with Gasteiger partial charge in [-0.15, -0.1) is 0 Å². The number of halogens is 1. The lowest BCUT2D eigenvalue weighted by Gasteiger charge is -2.06. The molecule has 0 aliphatic carbocycles. The molecule has 2 aromatic rings. The Bertz CT molecular complexity index is 591. The van der Waals surface area contributed by atoms with Crippen LogP contribution in [0.15, 0.2) is 42.5 Å². The smallest absolute Gasteiger partial charge is 0.343 e. The van der Waals surface area contributed by atoms with Gasteiger partial charge in [0.15, 0.2) is 0 Å². The lowest BCUT2D eigenvalue weighted by Crippen LogP contribution is -2.08. The maximum Gasteiger partial charge on any atom is 0.343 e. The standard InChI is InChI=1S/C15H13ClO2/c1-10-6-7-14(8-11(10)2)18-15(17)12-4-3-5-13(16)9-12/h3-9H,1-2H3. The summed E-state index contributed by atoms with van der Waals surface area (Å²) in [4.78, 5) is 11.9. The number of esters is 1. The van der Waals surface area contributed by atoms with Gasteiger partial charge in [0.25, 0.3) is 0 Å². The van der Waals surface area contributed by atoms with Crippen LogP contribution in [-0.4, -0.2) is 5.97 Å². The molecule has 0 heterocycles. The Morgan fingerprint density at radius 3 is 2.50 bits per heavy atom. The third-order valence-electron chi connectivity index (χ3n) is 2.75. The van der Waals surface area contributed by atoms with E-state index >= 15 is 0 Å². The van der Waals surface area contributed by atoms with Crippen LogP contribution in [0.1, 0.15) is 21.5 Å². The van der Waals surface area contributed by atoms with E-state index in [1.54, 1.807) is 30.3 Å². The molecule has 0 aromatic heterocycles. The topological polar surface area (TPSA) is 26.3 Å². The van der Waals surface area contributed by atoms with Gasteiger partial charge in [-0.05, 0) is 55.3 Å². The molecule has 0 aliphatic rings. The summed E-state index contributed by atoms with van der Waals surface area (Å²) in [5.41, 5.74) is 2.70. The van der Waals surface area contributed by atoms with Crippen molar-refractivity contribution in [2.75, 3.05) is 0 Å². The van der Waals surface area contributed by atoms with Gasteiger partial charge in [-0.25, -0.2) is 4.79 Å². The van der Waals surface area contributed by atoms with Crippen molar-refractivity contribution in [3.63, 3.8) is 0 Å². The fourth-order valence-corrected chi connectivity index (χ4v) is 1.75. The van der Waals surface area contributed by atoms with Crippen molar-refractivity contribution in [3.05, 3.63) is 64.2 Å². The number of ether oxygens (including phenoxy) is 1. The number of hydrogen-bond acceptors (Lipinski definition) is 2. The Labute approximate surface area is 111 Å². The fourth-order valence-electron chi connectivity index (χ4n) is 1.56. The Balaban J connectivity index is 2.18.